The molecule has 0 saturated carbocycles. The van der Waals surface area contributed by atoms with Gasteiger partial charge in [-0.05, 0) is 49.4 Å². The predicted molar refractivity (Wildman–Crippen MR) is 367 cm³/mol. The average molecular weight is 1340 g/mol. The molecule has 0 rings (SSSR count). The summed E-state index contributed by atoms with van der Waals surface area (Å²) in [5.74, 6) is 0.855. The van der Waals surface area contributed by atoms with Gasteiger partial charge in [0.2, 0.25) is 0 Å². The molecule has 91 heavy (non-hydrogen) atoms. The van der Waals surface area contributed by atoms with Gasteiger partial charge < -0.3 is 33.8 Å². The van der Waals surface area contributed by atoms with Gasteiger partial charge in [0.05, 0.1) is 26.4 Å². The minimum absolute atomic E-state index is 0.103. The molecule has 0 bridgehead atoms. The number of phosphoric acid groups is 2. The summed E-state index contributed by atoms with van der Waals surface area (Å²) in [6, 6.07) is 0. The highest BCUT2D eigenvalue weighted by Gasteiger charge is 2.30. The van der Waals surface area contributed by atoms with Crippen molar-refractivity contribution in [3.63, 3.8) is 0 Å². The number of hydrogen-bond acceptors (Lipinski definition) is 15. The zero-order valence-corrected chi connectivity index (χ0v) is 61.3. The van der Waals surface area contributed by atoms with Crippen LogP contribution in [0.2, 0.25) is 0 Å². The van der Waals surface area contributed by atoms with E-state index in [-0.39, 0.29) is 25.7 Å². The zero-order valence-electron chi connectivity index (χ0n) is 59.5. The number of aliphatic hydroxyl groups excluding tert-OH is 1. The highest BCUT2D eigenvalue weighted by Crippen LogP contribution is 2.45. The molecule has 3 N–H and O–H groups in total. The smallest absolute Gasteiger partial charge is 0.462 e. The van der Waals surface area contributed by atoms with Crippen molar-refractivity contribution in [2.45, 2.75) is 375 Å². The van der Waals surface area contributed by atoms with E-state index < -0.39 is 97.5 Å². The maximum absolute atomic E-state index is 13.0. The SMILES string of the molecule is CCC(C)CCCCCCCCC(=O)OC[C@H](COP(=O)(O)OCC(O)COP(=O)(O)OC[C@@H](COC(=O)CCCCCCCCCCC(C)C)OC(=O)CCCCCCCCCCC(C)C)OC(=O)CCCCCCCCCCCCCCCCCCC(C)C. The molecule has 0 spiro atoms. The van der Waals surface area contributed by atoms with E-state index in [1.807, 2.05) is 0 Å². The summed E-state index contributed by atoms with van der Waals surface area (Å²) in [7, 11) is -9.90. The van der Waals surface area contributed by atoms with Gasteiger partial charge in [0.15, 0.2) is 12.2 Å². The normalized spacial score (nSPS) is 14.5. The van der Waals surface area contributed by atoms with Crippen LogP contribution in [0.1, 0.15) is 357 Å². The van der Waals surface area contributed by atoms with E-state index in [1.54, 1.807) is 0 Å². The average Bonchev–Trinajstić information content (AvgIpc) is 3.44. The predicted octanol–water partition coefficient (Wildman–Crippen LogP) is 20.5. The topological polar surface area (TPSA) is 237 Å². The number of esters is 4. The number of carbonyl (C=O) groups is 4. The van der Waals surface area contributed by atoms with Crippen LogP contribution in [0.3, 0.4) is 0 Å². The van der Waals surface area contributed by atoms with Crippen LogP contribution in [0.15, 0.2) is 0 Å². The summed E-state index contributed by atoms with van der Waals surface area (Å²) < 4.78 is 68.3. The minimum Gasteiger partial charge on any atom is -0.462 e. The Bertz CT molecular complexity index is 1800. The first-order valence-corrected chi connectivity index (χ1v) is 40.2. The summed E-state index contributed by atoms with van der Waals surface area (Å²) in [6.45, 7) is 14.1. The van der Waals surface area contributed by atoms with Crippen molar-refractivity contribution in [2.24, 2.45) is 23.7 Å². The fraction of sp³-hybridized carbons (Fsp3) is 0.944. The largest absolute Gasteiger partial charge is 0.472 e. The second-order valence-electron chi connectivity index (χ2n) is 27.6. The van der Waals surface area contributed by atoms with Crippen molar-refractivity contribution in [3.8, 4) is 0 Å². The van der Waals surface area contributed by atoms with Crippen LogP contribution in [0, 0.1) is 23.7 Å². The van der Waals surface area contributed by atoms with Crippen LogP contribution < -0.4 is 0 Å². The van der Waals surface area contributed by atoms with Crippen molar-refractivity contribution in [1.29, 1.82) is 0 Å². The van der Waals surface area contributed by atoms with Gasteiger partial charge in [-0.3, -0.25) is 37.3 Å². The summed E-state index contributed by atoms with van der Waals surface area (Å²) in [5.41, 5.74) is 0. The summed E-state index contributed by atoms with van der Waals surface area (Å²) in [6.07, 6.45) is 44.6. The second-order valence-corrected chi connectivity index (χ2v) is 30.6. The van der Waals surface area contributed by atoms with Crippen molar-refractivity contribution in [3.05, 3.63) is 0 Å². The molecule has 0 fully saturated rings. The number of unbranched alkanes of at least 4 members (excludes halogenated alkanes) is 34. The quantitative estimate of drug-likeness (QED) is 0.0222. The molecule has 0 heterocycles. The minimum atomic E-state index is -4.95. The van der Waals surface area contributed by atoms with Crippen molar-refractivity contribution in [1.82, 2.24) is 0 Å². The van der Waals surface area contributed by atoms with E-state index in [2.05, 4.69) is 55.4 Å². The number of phosphoric ester groups is 2. The third kappa shape index (κ3) is 65.1. The molecule has 0 radical (unpaired) electrons. The number of hydrogen-bond donors (Lipinski definition) is 3. The summed E-state index contributed by atoms with van der Waals surface area (Å²) in [5, 5.41) is 10.6. The van der Waals surface area contributed by atoms with Gasteiger partial charge in [0.1, 0.15) is 19.3 Å². The van der Waals surface area contributed by atoms with E-state index in [0.717, 1.165) is 120 Å². The highest BCUT2D eigenvalue weighted by atomic mass is 31.2. The van der Waals surface area contributed by atoms with Crippen molar-refractivity contribution >= 4 is 39.5 Å². The Morgan fingerprint density at radius 2 is 0.527 bits per heavy atom. The molecular weight excluding hydrogens is 1200 g/mol. The number of carbonyl (C=O) groups excluding carboxylic acids is 4. The van der Waals surface area contributed by atoms with E-state index >= 15 is 0 Å². The summed E-state index contributed by atoms with van der Waals surface area (Å²) >= 11 is 0. The molecule has 4 unspecified atom stereocenters. The molecule has 0 aromatic heterocycles. The Balaban J connectivity index is 5.21. The molecule has 0 aromatic carbocycles. The van der Waals surface area contributed by atoms with E-state index in [4.69, 9.17) is 37.0 Å². The van der Waals surface area contributed by atoms with Gasteiger partial charge in [-0.1, -0.05) is 306 Å². The number of aliphatic hydroxyl groups is 1. The van der Waals surface area contributed by atoms with Crippen molar-refractivity contribution < 1.29 is 80.2 Å². The maximum Gasteiger partial charge on any atom is 0.472 e. The van der Waals surface area contributed by atoms with Gasteiger partial charge in [0.25, 0.3) is 0 Å². The first-order valence-electron chi connectivity index (χ1n) is 37.2. The fourth-order valence-electron chi connectivity index (χ4n) is 10.8. The summed E-state index contributed by atoms with van der Waals surface area (Å²) in [4.78, 5) is 72.6. The van der Waals surface area contributed by atoms with E-state index in [1.165, 1.54) is 154 Å². The Labute approximate surface area is 556 Å². The Morgan fingerprint density at radius 1 is 0.308 bits per heavy atom. The maximum atomic E-state index is 13.0. The molecule has 0 aliphatic heterocycles. The number of ether oxygens (including phenoxy) is 4. The highest BCUT2D eigenvalue weighted by molar-refractivity contribution is 7.47. The van der Waals surface area contributed by atoms with Crippen LogP contribution in [0.25, 0.3) is 0 Å². The molecule has 0 aliphatic carbocycles. The van der Waals surface area contributed by atoms with Crippen molar-refractivity contribution in [2.75, 3.05) is 39.6 Å². The van der Waals surface area contributed by atoms with Gasteiger partial charge in [0, 0.05) is 25.7 Å². The van der Waals surface area contributed by atoms with Crippen LogP contribution in [-0.2, 0) is 65.4 Å². The fourth-order valence-corrected chi connectivity index (χ4v) is 12.4. The van der Waals surface area contributed by atoms with Gasteiger partial charge in [-0.2, -0.15) is 0 Å². The Morgan fingerprint density at radius 3 is 0.780 bits per heavy atom. The zero-order chi connectivity index (χ0) is 67.5. The Hall–Kier alpha value is -1.94. The van der Waals surface area contributed by atoms with Crippen LogP contribution >= 0.6 is 15.6 Å². The first kappa shape index (κ1) is 89.1. The lowest BCUT2D eigenvalue weighted by Gasteiger charge is -2.21. The third-order valence-corrected chi connectivity index (χ3v) is 18.8. The molecular formula is C72H140O17P2. The molecule has 17 nitrogen and oxygen atoms in total. The lowest BCUT2D eigenvalue weighted by atomic mass is 10.00. The van der Waals surface area contributed by atoms with Crippen LogP contribution in [0.5, 0.6) is 0 Å². The molecule has 0 aromatic rings. The first-order chi connectivity index (χ1) is 43.6. The molecule has 0 amide bonds. The lowest BCUT2D eigenvalue weighted by Crippen LogP contribution is -2.30. The van der Waals surface area contributed by atoms with Gasteiger partial charge in [-0.25, -0.2) is 9.13 Å². The van der Waals surface area contributed by atoms with Crippen LogP contribution in [-0.4, -0.2) is 96.7 Å². The second kappa shape index (κ2) is 61.6. The van der Waals surface area contributed by atoms with Gasteiger partial charge >= 0.3 is 39.5 Å². The van der Waals surface area contributed by atoms with E-state index in [9.17, 15) is 43.2 Å². The standard InChI is InChI=1S/C72H140O17P2/c1-9-65(8)51-43-35-30-31-37-45-53-70(75)83-59-68(88-71(76)54-46-38-28-19-17-15-13-11-10-12-14-16-18-24-32-40-48-62(2)3)61-87-91(80,81)85-57-66(73)56-84-90(78,79)86-60-67(89-72(77)55-47-39-29-23-21-26-34-42-50-64(6)7)58-82-69(74)52-44-36-27-22-20-25-33-41-49-63(4)5/h62-68,73H,9-61H2,1-8H3,(H,78,79)(H,80,81)/t65?,66?,67-,68-/m1/s1. The monoisotopic (exact) mass is 1340 g/mol. The molecule has 0 saturated heterocycles. The Kier molecular flexibility index (Phi) is 60.3. The lowest BCUT2D eigenvalue weighted by molar-refractivity contribution is -0.161. The number of rotatable bonds is 69. The van der Waals surface area contributed by atoms with Gasteiger partial charge in [-0.15, -0.1) is 0 Å². The van der Waals surface area contributed by atoms with E-state index in [0.29, 0.717) is 25.7 Å². The molecule has 6 atom stereocenters. The molecule has 19 heteroatoms. The molecule has 0 aliphatic rings. The third-order valence-electron chi connectivity index (χ3n) is 16.9. The molecule has 540 valence electrons. The van der Waals surface area contributed by atoms with Crippen LogP contribution in [0.4, 0.5) is 0 Å².